The summed E-state index contributed by atoms with van der Waals surface area (Å²) in [6, 6.07) is 5.11. The Labute approximate surface area is 115 Å². The standard InChI is InChI=1S/C13H18BrNO3/c1-4-13(2,17)8-15-12(16)9-5-6-10(14)11(7-9)18-3/h5-7,17H,4,8H2,1-3H3,(H,15,16). The van der Waals surface area contributed by atoms with Crippen LogP contribution in [-0.4, -0.2) is 30.3 Å². The van der Waals surface area contributed by atoms with Crippen molar-refractivity contribution < 1.29 is 14.6 Å². The van der Waals surface area contributed by atoms with Crippen molar-refractivity contribution in [2.24, 2.45) is 0 Å². The third-order valence-corrected chi connectivity index (χ3v) is 3.46. The predicted octanol–water partition coefficient (Wildman–Crippen LogP) is 2.35. The van der Waals surface area contributed by atoms with Crippen molar-refractivity contribution in [1.82, 2.24) is 5.32 Å². The number of rotatable bonds is 5. The first-order valence-electron chi connectivity index (χ1n) is 5.73. The van der Waals surface area contributed by atoms with E-state index >= 15 is 0 Å². The number of amides is 1. The summed E-state index contributed by atoms with van der Waals surface area (Å²) in [4.78, 5) is 11.9. The Bertz CT molecular complexity index is 432. The van der Waals surface area contributed by atoms with E-state index in [0.29, 0.717) is 17.7 Å². The van der Waals surface area contributed by atoms with E-state index in [4.69, 9.17) is 4.74 Å². The number of benzene rings is 1. The Balaban J connectivity index is 2.73. The van der Waals surface area contributed by atoms with Crippen LogP contribution in [0, 0.1) is 0 Å². The lowest BCUT2D eigenvalue weighted by molar-refractivity contribution is 0.0518. The molecule has 1 aromatic carbocycles. The number of nitrogens with one attached hydrogen (secondary N) is 1. The molecular formula is C13H18BrNO3. The van der Waals surface area contributed by atoms with Gasteiger partial charge in [0.05, 0.1) is 17.2 Å². The lowest BCUT2D eigenvalue weighted by Gasteiger charge is -2.21. The highest BCUT2D eigenvalue weighted by molar-refractivity contribution is 9.10. The lowest BCUT2D eigenvalue weighted by atomic mass is 10.0. The second kappa shape index (κ2) is 6.20. The van der Waals surface area contributed by atoms with Crippen LogP contribution in [0.1, 0.15) is 30.6 Å². The van der Waals surface area contributed by atoms with Gasteiger partial charge in [0.25, 0.3) is 5.91 Å². The van der Waals surface area contributed by atoms with Crippen LogP contribution in [-0.2, 0) is 0 Å². The minimum atomic E-state index is -0.880. The molecule has 0 aliphatic carbocycles. The van der Waals surface area contributed by atoms with Gasteiger partial charge in [0.15, 0.2) is 0 Å². The van der Waals surface area contributed by atoms with Crippen molar-refractivity contribution >= 4 is 21.8 Å². The number of carbonyl (C=O) groups excluding carboxylic acids is 1. The van der Waals surface area contributed by atoms with Gasteiger partial charge >= 0.3 is 0 Å². The van der Waals surface area contributed by atoms with Gasteiger partial charge in [-0.05, 0) is 47.5 Å². The first-order valence-corrected chi connectivity index (χ1v) is 6.53. The molecule has 0 saturated heterocycles. The third kappa shape index (κ3) is 3.99. The van der Waals surface area contributed by atoms with Crippen LogP contribution < -0.4 is 10.1 Å². The van der Waals surface area contributed by atoms with Gasteiger partial charge in [-0.1, -0.05) is 6.92 Å². The molecule has 0 aliphatic heterocycles. The molecule has 0 bridgehead atoms. The summed E-state index contributed by atoms with van der Waals surface area (Å²) in [6.45, 7) is 3.78. The zero-order chi connectivity index (χ0) is 13.8. The molecular weight excluding hydrogens is 298 g/mol. The van der Waals surface area contributed by atoms with Crippen molar-refractivity contribution in [3.63, 3.8) is 0 Å². The molecule has 2 N–H and O–H groups in total. The smallest absolute Gasteiger partial charge is 0.251 e. The third-order valence-electron chi connectivity index (χ3n) is 2.80. The van der Waals surface area contributed by atoms with E-state index in [9.17, 15) is 9.90 Å². The minimum absolute atomic E-state index is 0.223. The second-order valence-corrected chi connectivity index (χ2v) is 5.24. The van der Waals surface area contributed by atoms with Gasteiger partial charge in [-0.15, -0.1) is 0 Å². The molecule has 1 unspecified atom stereocenters. The van der Waals surface area contributed by atoms with Gasteiger partial charge in [0.2, 0.25) is 0 Å². The van der Waals surface area contributed by atoms with E-state index in [1.807, 2.05) is 6.92 Å². The number of hydrogen-bond donors (Lipinski definition) is 2. The molecule has 1 amide bonds. The molecule has 0 heterocycles. The molecule has 0 aliphatic rings. The molecule has 0 aromatic heterocycles. The molecule has 5 heteroatoms. The molecule has 18 heavy (non-hydrogen) atoms. The number of carbonyl (C=O) groups is 1. The fourth-order valence-corrected chi connectivity index (χ4v) is 1.71. The van der Waals surface area contributed by atoms with Gasteiger partial charge in [0, 0.05) is 12.1 Å². The van der Waals surface area contributed by atoms with E-state index in [1.54, 1.807) is 32.2 Å². The Morgan fingerprint density at radius 1 is 1.56 bits per heavy atom. The summed E-state index contributed by atoms with van der Waals surface area (Å²) in [7, 11) is 1.55. The van der Waals surface area contributed by atoms with Crippen LogP contribution in [0.2, 0.25) is 0 Å². The normalized spacial score (nSPS) is 13.8. The van der Waals surface area contributed by atoms with E-state index < -0.39 is 5.60 Å². The lowest BCUT2D eigenvalue weighted by Crippen LogP contribution is -2.40. The van der Waals surface area contributed by atoms with E-state index in [2.05, 4.69) is 21.2 Å². The summed E-state index contributed by atoms with van der Waals surface area (Å²) in [5, 5.41) is 12.5. The summed E-state index contributed by atoms with van der Waals surface area (Å²) < 4.78 is 5.92. The highest BCUT2D eigenvalue weighted by atomic mass is 79.9. The van der Waals surface area contributed by atoms with Crippen LogP contribution >= 0.6 is 15.9 Å². The van der Waals surface area contributed by atoms with Gasteiger partial charge < -0.3 is 15.2 Å². The first kappa shape index (κ1) is 15.0. The average Bonchev–Trinajstić information content (AvgIpc) is 2.36. The molecule has 0 spiro atoms. The van der Waals surface area contributed by atoms with Crippen LogP contribution in [0.15, 0.2) is 22.7 Å². The van der Waals surface area contributed by atoms with Crippen LogP contribution in [0.5, 0.6) is 5.75 Å². The summed E-state index contributed by atoms with van der Waals surface area (Å²) in [5.41, 5.74) is -0.378. The van der Waals surface area contributed by atoms with Crippen LogP contribution in [0.4, 0.5) is 0 Å². The highest BCUT2D eigenvalue weighted by Gasteiger charge is 2.19. The average molecular weight is 316 g/mol. The molecule has 0 radical (unpaired) electrons. The van der Waals surface area contributed by atoms with Crippen LogP contribution in [0.25, 0.3) is 0 Å². The SMILES string of the molecule is CCC(C)(O)CNC(=O)c1ccc(Br)c(OC)c1. The van der Waals surface area contributed by atoms with E-state index in [0.717, 1.165) is 4.47 Å². The topological polar surface area (TPSA) is 58.6 Å². The predicted molar refractivity (Wildman–Crippen MR) is 73.9 cm³/mol. The van der Waals surface area contributed by atoms with Crippen molar-refractivity contribution in [3.8, 4) is 5.75 Å². The second-order valence-electron chi connectivity index (χ2n) is 4.38. The van der Waals surface area contributed by atoms with Crippen molar-refractivity contribution in [2.75, 3.05) is 13.7 Å². The summed E-state index contributed by atoms with van der Waals surface area (Å²) in [5.74, 6) is 0.374. The number of halogens is 1. The number of aliphatic hydroxyl groups is 1. The fraction of sp³-hybridized carbons (Fsp3) is 0.462. The molecule has 1 aromatic rings. The van der Waals surface area contributed by atoms with Gasteiger partial charge in [0.1, 0.15) is 5.75 Å². The molecule has 0 saturated carbocycles. The molecule has 1 atom stereocenters. The first-order chi connectivity index (χ1) is 8.39. The van der Waals surface area contributed by atoms with Crippen LogP contribution in [0.3, 0.4) is 0 Å². The maximum atomic E-state index is 11.9. The summed E-state index contributed by atoms with van der Waals surface area (Å²) >= 11 is 3.32. The largest absolute Gasteiger partial charge is 0.496 e. The fourth-order valence-electron chi connectivity index (χ4n) is 1.30. The van der Waals surface area contributed by atoms with E-state index in [-0.39, 0.29) is 12.5 Å². The zero-order valence-electron chi connectivity index (χ0n) is 10.8. The van der Waals surface area contributed by atoms with Gasteiger partial charge in [-0.25, -0.2) is 0 Å². The van der Waals surface area contributed by atoms with E-state index in [1.165, 1.54) is 0 Å². The number of hydrogen-bond acceptors (Lipinski definition) is 3. The van der Waals surface area contributed by atoms with Gasteiger partial charge in [-0.3, -0.25) is 4.79 Å². The Kier molecular flexibility index (Phi) is 5.16. The monoisotopic (exact) mass is 315 g/mol. The molecule has 0 fully saturated rings. The Morgan fingerprint density at radius 3 is 2.78 bits per heavy atom. The maximum Gasteiger partial charge on any atom is 0.251 e. The Hall–Kier alpha value is -1.07. The molecule has 1 rings (SSSR count). The zero-order valence-corrected chi connectivity index (χ0v) is 12.4. The Morgan fingerprint density at radius 2 is 2.22 bits per heavy atom. The maximum absolute atomic E-state index is 11.9. The summed E-state index contributed by atoms with van der Waals surface area (Å²) in [6.07, 6.45) is 0.580. The minimum Gasteiger partial charge on any atom is -0.496 e. The van der Waals surface area contributed by atoms with Gasteiger partial charge in [-0.2, -0.15) is 0 Å². The number of methoxy groups -OCH3 is 1. The van der Waals surface area contributed by atoms with Crippen molar-refractivity contribution in [1.29, 1.82) is 0 Å². The quantitative estimate of drug-likeness (QED) is 0.877. The van der Waals surface area contributed by atoms with Crippen molar-refractivity contribution in [2.45, 2.75) is 25.9 Å². The molecule has 4 nitrogen and oxygen atoms in total. The van der Waals surface area contributed by atoms with Crippen molar-refractivity contribution in [3.05, 3.63) is 28.2 Å². The molecule has 100 valence electrons. The number of ether oxygens (including phenoxy) is 1. The highest BCUT2D eigenvalue weighted by Crippen LogP contribution is 2.25.